The molecule has 6 heteroatoms. The van der Waals surface area contributed by atoms with Gasteiger partial charge < -0.3 is 25.4 Å². The lowest BCUT2D eigenvalue weighted by atomic mass is 10.1. The number of nitrogens with two attached hydrogens (primary N) is 1. The summed E-state index contributed by atoms with van der Waals surface area (Å²) in [5.74, 6) is 0.749. The number of carbonyl (C=O) groups is 1. The Labute approximate surface area is 137 Å². The van der Waals surface area contributed by atoms with Gasteiger partial charge in [0.1, 0.15) is 18.5 Å². The largest absolute Gasteiger partial charge is 0.492 e. The second-order valence-corrected chi connectivity index (χ2v) is 6.08. The molecule has 1 aliphatic heterocycles. The molecule has 0 unspecified atom stereocenters. The van der Waals surface area contributed by atoms with E-state index >= 15 is 0 Å². The minimum atomic E-state index is -0.372. The summed E-state index contributed by atoms with van der Waals surface area (Å²) in [7, 11) is 4.02. The van der Waals surface area contributed by atoms with Crippen LogP contribution in [-0.2, 0) is 16.1 Å². The molecule has 2 atom stereocenters. The van der Waals surface area contributed by atoms with Crippen molar-refractivity contribution in [1.29, 1.82) is 0 Å². The van der Waals surface area contributed by atoms with Gasteiger partial charge in [0, 0.05) is 19.6 Å². The van der Waals surface area contributed by atoms with Gasteiger partial charge in [-0.1, -0.05) is 12.1 Å². The molecule has 1 aromatic carbocycles. The molecule has 1 aliphatic rings. The molecule has 2 rings (SSSR count). The van der Waals surface area contributed by atoms with Crippen molar-refractivity contribution in [2.24, 2.45) is 5.73 Å². The first-order valence-corrected chi connectivity index (χ1v) is 8.08. The van der Waals surface area contributed by atoms with E-state index in [1.165, 1.54) is 0 Å². The summed E-state index contributed by atoms with van der Waals surface area (Å²) in [5.41, 5.74) is 6.57. The number of carbonyl (C=O) groups excluding carboxylic acids is 1. The Kier molecular flexibility index (Phi) is 6.83. The molecule has 0 saturated carbocycles. The molecule has 1 amide bonds. The van der Waals surface area contributed by atoms with Crippen LogP contribution in [0.3, 0.4) is 0 Å². The van der Waals surface area contributed by atoms with Crippen molar-refractivity contribution in [2.75, 3.05) is 33.8 Å². The van der Waals surface area contributed by atoms with Crippen LogP contribution in [0.25, 0.3) is 0 Å². The normalized spacial score (nSPS) is 20.7. The molecule has 0 aromatic heterocycles. The van der Waals surface area contributed by atoms with Crippen molar-refractivity contribution in [3.63, 3.8) is 0 Å². The molecule has 23 heavy (non-hydrogen) atoms. The van der Waals surface area contributed by atoms with Gasteiger partial charge in [-0.05, 0) is 44.6 Å². The van der Waals surface area contributed by atoms with Crippen LogP contribution in [0.4, 0.5) is 0 Å². The molecule has 128 valence electrons. The first-order chi connectivity index (χ1) is 11.1. The fourth-order valence-electron chi connectivity index (χ4n) is 2.47. The molecule has 0 spiro atoms. The van der Waals surface area contributed by atoms with E-state index in [1.54, 1.807) is 0 Å². The molecular formula is C17H27N3O3. The first kappa shape index (κ1) is 17.7. The lowest BCUT2D eigenvalue weighted by Gasteiger charge is -2.14. The summed E-state index contributed by atoms with van der Waals surface area (Å²) < 4.78 is 11.3. The van der Waals surface area contributed by atoms with E-state index in [2.05, 4.69) is 10.2 Å². The zero-order chi connectivity index (χ0) is 16.7. The molecule has 1 aromatic rings. The van der Waals surface area contributed by atoms with Crippen molar-refractivity contribution in [3.8, 4) is 5.75 Å². The lowest BCUT2D eigenvalue weighted by Crippen LogP contribution is -2.35. The standard InChI is InChI=1S/C17H27N3O3/c1-20(2)8-9-22-14-5-3-4-13(10-14)12-19-17(21)16-7-6-15(11-18)23-16/h3-5,10,15-16H,6-9,11-12,18H2,1-2H3,(H,19,21)/t15-,16+/m1/s1. The predicted molar refractivity (Wildman–Crippen MR) is 89.3 cm³/mol. The van der Waals surface area contributed by atoms with Gasteiger partial charge in [-0.25, -0.2) is 0 Å². The van der Waals surface area contributed by atoms with Gasteiger partial charge >= 0.3 is 0 Å². The van der Waals surface area contributed by atoms with Crippen LogP contribution < -0.4 is 15.8 Å². The third-order valence-electron chi connectivity index (χ3n) is 3.84. The fourth-order valence-corrected chi connectivity index (χ4v) is 2.47. The number of benzene rings is 1. The Bertz CT molecular complexity index is 508. The zero-order valence-corrected chi connectivity index (χ0v) is 14.0. The number of ether oxygens (including phenoxy) is 2. The number of hydrogen-bond acceptors (Lipinski definition) is 5. The molecule has 1 fully saturated rings. The van der Waals surface area contributed by atoms with Crippen molar-refractivity contribution in [3.05, 3.63) is 29.8 Å². The third-order valence-corrected chi connectivity index (χ3v) is 3.84. The van der Waals surface area contributed by atoms with Gasteiger partial charge in [0.05, 0.1) is 6.10 Å². The molecule has 0 radical (unpaired) electrons. The Balaban J connectivity index is 1.78. The third kappa shape index (κ3) is 5.82. The van der Waals surface area contributed by atoms with E-state index in [-0.39, 0.29) is 18.1 Å². The highest BCUT2D eigenvalue weighted by atomic mass is 16.5. The van der Waals surface area contributed by atoms with Gasteiger partial charge in [0.2, 0.25) is 5.91 Å². The monoisotopic (exact) mass is 321 g/mol. The zero-order valence-electron chi connectivity index (χ0n) is 14.0. The quantitative estimate of drug-likeness (QED) is 0.739. The average molecular weight is 321 g/mol. The van der Waals surface area contributed by atoms with Crippen molar-refractivity contribution < 1.29 is 14.3 Å². The average Bonchev–Trinajstić information content (AvgIpc) is 3.02. The van der Waals surface area contributed by atoms with E-state index in [1.807, 2.05) is 38.4 Å². The number of rotatable bonds is 8. The summed E-state index contributed by atoms with van der Waals surface area (Å²) in [5, 5.41) is 2.92. The second-order valence-electron chi connectivity index (χ2n) is 6.08. The Hall–Kier alpha value is -1.63. The van der Waals surface area contributed by atoms with Crippen LogP contribution in [0.2, 0.25) is 0 Å². The maximum atomic E-state index is 12.1. The molecule has 1 heterocycles. The van der Waals surface area contributed by atoms with Gasteiger partial charge in [0.15, 0.2) is 0 Å². The van der Waals surface area contributed by atoms with E-state index in [9.17, 15) is 4.79 Å². The highest BCUT2D eigenvalue weighted by Crippen LogP contribution is 2.19. The van der Waals surface area contributed by atoms with E-state index in [4.69, 9.17) is 15.2 Å². The van der Waals surface area contributed by atoms with Gasteiger partial charge in [0.25, 0.3) is 0 Å². The predicted octanol–water partition coefficient (Wildman–Crippen LogP) is 0.750. The topological polar surface area (TPSA) is 76.8 Å². The summed E-state index contributed by atoms with van der Waals surface area (Å²) in [6.45, 7) is 2.44. The molecule has 1 saturated heterocycles. The number of hydrogen-bond donors (Lipinski definition) is 2. The van der Waals surface area contributed by atoms with Crippen LogP contribution in [0.1, 0.15) is 18.4 Å². The maximum Gasteiger partial charge on any atom is 0.249 e. The maximum absolute atomic E-state index is 12.1. The molecule has 6 nitrogen and oxygen atoms in total. The van der Waals surface area contributed by atoms with Gasteiger partial charge in [-0.2, -0.15) is 0 Å². The Morgan fingerprint density at radius 2 is 2.26 bits per heavy atom. The van der Waals surface area contributed by atoms with E-state index in [0.717, 1.165) is 30.7 Å². The fraction of sp³-hybridized carbons (Fsp3) is 0.588. The number of amides is 1. The second kappa shape index (κ2) is 8.86. The molecular weight excluding hydrogens is 294 g/mol. The first-order valence-electron chi connectivity index (χ1n) is 8.08. The highest BCUT2D eigenvalue weighted by Gasteiger charge is 2.29. The van der Waals surface area contributed by atoms with E-state index in [0.29, 0.717) is 19.7 Å². The smallest absolute Gasteiger partial charge is 0.249 e. The minimum Gasteiger partial charge on any atom is -0.492 e. The number of nitrogens with zero attached hydrogens (tertiary/aromatic N) is 1. The minimum absolute atomic E-state index is 0.0131. The van der Waals surface area contributed by atoms with Crippen LogP contribution in [-0.4, -0.2) is 56.8 Å². The number of nitrogens with one attached hydrogen (secondary N) is 1. The van der Waals surface area contributed by atoms with Crippen molar-refractivity contribution >= 4 is 5.91 Å². The van der Waals surface area contributed by atoms with Crippen LogP contribution in [0, 0.1) is 0 Å². The van der Waals surface area contributed by atoms with Gasteiger partial charge in [-0.15, -0.1) is 0 Å². The molecule has 0 aliphatic carbocycles. The molecule has 0 bridgehead atoms. The summed E-state index contributed by atoms with van der Waals surface area (Å²) in [6, 6.07) is 7.78. The number of likely N-dealkylation sites (N-methyl/N-ethyl adjacent to an activating group) is 1. The summed E-state index contributed by atoms with van der Waals surface area (Å²) in [6.07, 6.45) is 1.23. The lowest BCUT2D eigenvalue weighted by molar-refractivity contribution is -0.132. The summed E-state index contributed by atoms with van der Waals surface area (Å²) >= 11 is 0. The SMILES string of the molecule is CN(C)CCOc1cccc(CNC(=O)[C@@H]2CC[C@H](CN)O2)c1. The summed E-state index contributed by atoms with van der Waals surface area (Å²) in [4.78, 5) is 14.2. The highest BCUT2D eigenvalue weighted by molar-refractivity contribution is 5.81. The van der Waals surface area contributed by atoms with Crippen LogP contribution in [0.5, 0.6) is 5.75 Å². The Morgan fingerprint density at radius 3 is 2.96 bits per heavy atom. The van der Waals surface area contributed by atoms with Crippen LogP contribution in [0.15, 0.2) is 24.3 Å². The van der Waals surface area contributed by atoms with E-state index < -0.39 is 0 Å². The molecule has 3 N–H and O–H groups in total. The van der Waals surface area contributed by atoms with Crippen molar-refractivity contribution in [2.45, 2.75) is 31.6 Å². The van der Waals surface area contributed by atoms with Crippen LogP contribution >= 0.6 is 0 Å². The Morgan fingerprint density at radius 1 is 1.43 bits per heavy atom. The van der Waals surface area contributed by atoms with Gasteiger partial charge in [-0.3, -0.25) is 4.79 Å². The van der Waals surface area contributed by atoms with Crippen molar-refractivity contribution in [1.82, 2.24) is 10.2 Å².